The van der Waals surface area contributed by atoms with Crippen molar-refractivity contribution in [1.29, 1.82) is 0 Å². The normalized spacial score (nSPS) is 25.1. The molecule has 1 saturated heterocycles. The molecule has 1 fully saturated rings. The lowest BCUT2D eigenvalue weighted by molar-refractivity contribution is -0.0898. The van der Waals surface area contributed by atoms with E-state index in [1.54, 1.807) is 0 Å². The maximum absolute atomic E-state index is 9.89. The van der Waals surface area contributed by atoms with Gasteiger partial charge in [-0.25, -0.2) is 0 Å². The molecular weight excluding hydrogens is 190 g/mol. The molecule has 0 amide bonds. The van der Waals surface area contributed by atoms with Crippen LogP contribution < -0.4 is 0 Å². The van der Waals surface area contributed by atoms with Crippen LogP contribution >= 0.6 is 0 Å². The summed E-state index contributed by atoms with van der Waals surface area (Å²) in [7, 11) is 0. The molecule has 0 radical (unpaired) electrons. The van der Waals surface area contributed by atoms with Crippen LogP contribution in [0.25, 0.3) is 0 Å². The minimum atomic E-state index is -0.345. The Balaban J connectivity index is 2.30. The minimum absolute atomic E-state index is 0.00903. The summed E-state index contributed by atoms with van der Waals surface area (Å²) in [4.78, 5) is 2.37. The van der Waals surface area contributed by atoms with E-state index in [2.05, 4.69) is 18.4 Å². The molecule has 0 bridgehead atoms. The van der Waals surface area contributed by atoms with Crippen molar-refractivity contribution in [3.8, 4) is 0 Å². The van der Waals surface area contributed by atoms with Gasteiger partial charge in [-0.15, -0.1) is 6.58 Å². The third kappa shape index (κ3) is 4.33. The monoisotopic (exact) mass is 213 g/mol. The second-order valence-electron chi connectivity index (χ2n) is 4.14. The van der Waals surface area contributed by atoms with E-state index >= 15 is 0 Å². The summed E-state index contributed by atoms with van der Waals surface area (Å²) in [6.07, 6.45) is 4.27. The molecular formula is C12H23NO2. The van der Waals surface area contributed by atoms with Gasteiger partial charge in [0, 0.05) is 13.1 Å². The average molecular weight is 213 g/mol. The first kappa shape index (κ1) is 12.7. The standard InChI is InChI=1S/C12H23NO2/c1-3-5-6-11(14)12-10-13(7-4-2)8-9-15-12/h3,11-12,14H,1,4-10H2,2H3. The first-order chi connectivity index (χ1) is 7.27. The molecule has 0 saturated carbocycles. The minimum Gasteiger partial charge on any atom is -0.390 e. The number of aliphatic hydroxyl groups is 1. The molecule has 88 valence electrons. The second-order valence-corrected chi connectivity index (χ2v) is 4.14. The van der Waals surface area contributed by atoms with Crippen molar-refractivity contribution in [2.45, 2.75) is 38.4 Å². The van der Waals surface area contributed by atoms with Gasteiger partial charge in [0.05, 0.1) is 18.8 Å². The third-order valence-electron chi connectivity index (χ3n) is 2.81. The van der Waals surface area contributed by atoms with Crippen molar-refractivity contribution in [3.63, 3.8) is 0 Å². The summed E-state index contributed by atoms with van der Waals surface area (Å²) < 4.78 is 5.59. The molecule has 1 heterocycles. The molecule has 0 aromatic carbocycles. The van der Waals surface area contributed by atoms with Gasteiger partial charge < -0.3 is 9.84 Å². The summed E-state index contributed by atoms with van der Waals surface area (Å²) in [5, 5.41) is 9.89. The van der Waals surface area contributed by atoms with Gasteiger partial charge in [0.2, 0.25) is 0 Å². The Morgan fingerprint density at radius 1 is 1.67 bits per heavy atom. The lowest BCUT2D eigenvalue weighted by atomic mass is 10.1. The van der Waals surface area contributed by atoms with E-state index in [0.29, 0.717) is 0 Å². The molecule has 2 unspecified atom stereocenters. The van der Waals surface area contributed by atoms with Crippen LogP contribution in [-0.4, -0.2) is 48.5 Å². The van der Waals surface area contributed by atoms with Crippen LogP contribution in [0.3, 0.4) is 0 Å². The molecule has 1 N–H and O–H groups in total. The number of rotatable bonds is 6. The van der Waals surface area contributed by atoms with E-state index < -0.39 is 0 Å². The molecule has 0 aromatic rings. The van der Waals surface area contributed by atoms with Crippen molar-refractivity contribution in [1.82, 2.24) is 4.90 Å². The van der Waals surface area contributed by atoms with Crippen LogP contribution in [0.1, 0.15) is 26.2 Å². The van der Waals surface area contributed by atoms with Gasteiger partial charge in [-0.2, -0.15) is 0 Å². The van der Waals surface area contributed by atoms with Gasteiger partial charge in [-0.05, 0) is 25.8 Å². The van der Waals surface area contributed by atoms with Crippen molar-refractivity contribution in [2.75, 3.05) is 26.2 Å². The highest BCUT2D eigenvalue weighted by Gasteiger charge is 2.25. The molecule has 3 nitrogen and oxygen atoms in total. The van der Waals surface area contributed by atoms with Crippen LogP contribution in [0, 0.1) is 0 Å². The highest BCUT2D eigenvalue weighted by molar-refractivity contribution is 4.80. The van der Waals surface area contributed by atoms with Gasteiger partial charge in [0.15, 0.2) is 0 Å². The molecule has 0 spiro atoms. The maximum atomic E-state index is 9.89. The second kappa shape index (κ2) is 6.99. The summed E-state index contributed by atoms with van der Waals surface area (Å²) in [6.45, 7) is 9.56. The van der Waals surface area contributed by atoms with Gasteiger partial charge in [0.1, 0.15) is 0 Å². The lowest BCUT2D eigenvalue weighted by Gasteiger charge is -2.35. The first-order valence-electron chi connectivity index (χ1n) is 5.90. The van der Waals surface area contributed by atoms with E-state index in [1.807, 2.05) is 6.08 Å². The Kier molecular flexibility index (Phi) is 5.91. The van der Waals surface area contributed by atoms with E-state index in [4.69, 9.17) is 4.74 Å². The summed E-state index contributed by atoms with van der Waals surface area (Å²) in [5.41, 5.74) is 0. The fourth-order valence-electron chi connectivity index (χ4n) is 1.96. The SMILES string of the molecule is C=CCCC(O)C1CN(CCC)CCO1. The zero-order chi connectivity index (χ0) is 11.1. The Labute approximate surface area is 92.7 Å². The molecule has 1 aliphatic heterocycles. The van der Waals surface area contributed by atoms with Crippen LogP contribution in [0.2, 0.25) is 0 Å². The van der Waals surface area contributed by atoms with E-state index in [9.17, 15) is 5.11 Å². The maximum Gasteiger partial charge on any atom is 0.0961 e. The molecule has 1 aliphatic rings. The van der Waals surface area contributed by atoms with Crippen LogP contribution in [0.5, 0.6) is 0 Å². The number of allylic oxidation sites excluding steroid dienone is 1. The molecule has 15 heavy (non-hydrogen) atoms. The zero-order valence-corrected chi connectivity index (χ0v) is 9.69. The van der Waals surface area contributed by atoms with Crippen LogP contribution in [0.15, 0.2) is 12.7 Å². The highest BCUT2D eigenvalue weighted by atomic mass is 16.5. The fourth-order valence-corrected chi connectivity index (χ4v) is 1.96. The number of aliphatic hydroxyl groups excluding tert-OH is 1. The first-order valence-corrected chi connectivity index (χ1v) is 5.90. The number of nitrogens with zero attached hydrogens (tertiary/aromatic N) is 1. The Morgan fingerprint density at radius 2 is 2.47 bits per heavy atom. The lowest BCUT2D eigenvalue weighted by Crippen LogP contribution is -2.47. The predicted molar refractivity (Wildman–Crippen MR) is 61.9 cm³/mol. The predicted octanol–water partition coefficient (Wildman–Crippen LogP) is 1.42. The fraction of sp³-hybridized carbons (Fsp3) is 0.833. The topological polar surface area (TPSA) is 32.7 Å². The van der Waals surface area contributed by atoms with E-state index in [0.717, 1.165) is 45.5 Å². The summed E-state index contributed by atoms with van der Waals surface area (Å²) in [6, 6.07) is 0. The van der Waals surface area contributed by atoms with Crippen molar-refractivity contribution >= 4 is 0 Å². The Hall–Kier alpha value is -0.380. The average Bonchev–Trinajstić information content (AvgIpc) is 2.27. The van der Waals surface area contributed by atoms with Crippen molar-refractivity contribution in [3.05, 3.63) is 12.7 Å². The Bertz CT molecular complexity index is 182. The molecule has 0 aromatic heterocycles. The highest BCUT2D eigenvalue weighted by Crippen LogP contribution is 2.13. The van der Waals surface area contributed by atoms with E-state index in [1.165, 1.54) is 0 Å². The van der Waals surface area contributed by atoms with E-state index in [-0.39, 0.29) is 12.2 Å². The summed E-state index contributed by atoms with van der Waals surface area (Å²) >= 11 is 0. The van der Waals surface area contributed by atoms with Gasteiger partial charge in [-0.1, -0.05) is 13.0 Å². The van der Waals surface area contributed by atoms with Gasteiger partial charge in [-0.3, -0.25) is 4.90 Å². The van der Waals surface area contributed by atoms with Crippen LogP contribution in [-0.2, 0) is 4.74 Å². The number of morpholine rings is 1. The number of hydrogen-bond donors (Lipinski definition) is 1. The van der Waals surface area contributed by atoms with Gasteiger partial charge in [0.25, 0.3) is 0 Å². The van der Waals surface area contributed by atoms with Crippen molar-refractivity contribution < 1.29 is 9.84 Å². The number of hydrogen-bond acceptors (Lipinski definition) is 3. The molecule has 2 atom stereocenters. The Morgan fingerprint density at radius 3 is 3.13 bits per heavy atom. The van der Waals surface area contributed by atoms with Crippen LogP contribution in [0.4, 0.5) is 0 Å². The third-order valence-corrected chi connectivity index (χ3v) is 2.81. The molecule has 1 rings (SSSR count). The molecule has 3 heteroatoms. The number of ether oxygens (including phenoxy) is 1. The molecule has 0 aliphatic carbocycles. The van der Waals surface area contributed by atoms with Gasteiger partial charge >= 0.3 is 0 Å². The smallest absolute Gasteiger partial charge is 0.0961 e. The zero-order valence-electron chi connectivity index (χ0n) is 9.69. The summed E-state index contributed by atoms with van der Waals surface area (Å²) in [5.74, 6) is 0. The quantitative estimate of drug-likeness (QED) is 0.677. The van der Waals surface area contributed by atoms with Crippen molar-refractivity contribution in [2.24, 2.45) is 0 Å². The largest absolute Gasteiger partial charge is 0.390 e.